The van der Waals surface area contributed by atoms with Crippen LogP contribution in [-0.4, -0.2) is 41.5 Å². The number of hydrogen-bond donors (Lipinski definition) is 2. The molecular formula is C11H16N2O5S2. The summed E-state index contributed by atoms with van der Waals surface area (Å²) in [4.78, 5) is -0.0809. The zero-order chi connectivity index (χ0) is 15.0. The van der Waals surface area contributed by atoms with Crippen molar-refractivity contribution < 1.29 is 21.6 Å². The van der Waals surface area contributed by atoms with Gasteiger partial charge in [-0.15, -0.1) is 0 Å². The molecule has 0 radical (unpaired) electrons. The molecule has 2 rings (SSSR count). The first-order valence-electron chi connectivity index (χ1n) is 5.90. The number of anilines is 1. The fraction of sp³-hybridized carbons (Fsp3) is 0.455. The van der Waals surface area contributed by atoms with E-state index < -0.39 is 25.9 Å². The van der Waals surface area contributed by atoms with Gasteiger partial charge in [-0.2, -0.15) is 0 Å². The second-order valence-electron chi connectivity index (χ2n) is 4.63. The third kappa shape index (κ3) is 3.22. The molecule has 1 aromatic carbocycles. The number of rotatable bonds is 4. The number of sulfone groups is 1. The molecule has 0 aliphatic carbocycles. The normalized spacial score (nSPS) is 21.8. The van der Waals surface area contributed by atoms with Crippen molar-refractivity contribution in [1.82, 2.24) is 4.72 Å². The highest BCUT2D eigenvalue weighted by molar-refractivity contribution is 7.92. The molecule has 20 heavy (non-hydrogen) atoms. The monoisotopic (exact) mass is 320 g/mol. The van der Waals surface area contributed by atoms with E-state index in [0.717, 1.165) is 0 Å². The molecule has 112 valence electrons. The number of ether oxygens (including phenoxy) is 1. The summed E-state index contributed by atoms with van der Waals surface area (Å²) in [5, 5.41) is 0. The Labute approximate surface area is 118 Å². The van der Waals surface area contributed by atoms with Gasteiger partial charge < -0.3 is 10.5 Å². The van der Waals surface area contributed by atoms with Crippen molar-refractivity contribution in [1.29, 1.82) is 0 Å². The van der Waals surface area contributed by atoms with E-state index in [0.29, 0.717) is 5.75 Å². The molecule has 0 saturated carbocycles. The fourth-order valence-corrected chi connectivity index (χ4v) is 5.23. The van der Waals surface area contributed by atoms with Crippen LogP contribution in [0.2, 0.25) is 0 Å². The van der Waals surface area contributed by atoms with Crippen molar-refractivity contribution in [2.75, 3.05) is 24.3 Å². The lowest BCUT2D eigenvalue weighted by atomic mass is 10.3. The van der Waals surface area contributed by atoms with E-state index in [-0.39, 0.29) is 28.5 Å². The largest absolute Gasteiger partial charge is 0.497 e. The maximum atomic E-state index is 12.2. The summed E-state index contributed by atoms with van der Waals surface area (Å²) >= 11 is 0. The Bertz CT molecular complexity index is 712. The highest BCUT2D eigenvalue weighted by Gasteiger charge is 2.32. The molecule has 1 saturated heterocycles. The van der Waals surface area contributed by atoms with Crippen LogP contribution in [0.5, 0.6) is 5.75 Å². The van der Waals surface area contributed by atoms with Crippen LogP contribution in [0.1, 0.15) is 6.42 Å². The van der Waals surface area contributed by atoms with Gasteiger partial charge in [0.25, 0.3) is 0 Å². The zero-order valence-corrected chi connectivity index (χ0v) is 12.5. The molecule has 1 unspecified atom stereocenters. The lowest BCUT2D eigenvalue weighted by molar-refractivity contribution is 0.414. The van der Waals surface area contributed by atoms with Crippen LogP contribution in [-0.2, 0) is 19.9 Å². The van der Waals surface area contributed by atoms with E-state index in [9.17, 15) is 16.8 Å². The maximum Gasteiger partial charge on any atom is 0.242 e. The Kier molecular flexibility index (Phi) is 3.94. The quantitative estimate of drug-likeness (QED) is 0.739. The molecule has 1 aliphatic heterocycles. The first kappa shape index (κ1) is 15.1. The summed E-state index contributed by atoms with van der Waals surface area (Å²) in [5.74, 6) is 0.269. The predicted octanol–water partition coefficient (Wildman–Crippen LogP) is -0.257. The number of sulfonamides is 1. The van der Waals surface area contributed by atoms with Crippen LogP contribution in [0.15, 0.2) is 23.1 Å². The maximum absolute atomic E-state index is 12.2. The molecule has 1 atom stereocenters. The number of nitrogens with two attached hydrogens (primary N) is 1. The number of methoxy groups -OCH3 is 1. The van der Waals surface area contributed by atoms with Gasteiger partial charge in [0, 0.05) is 12.1 Å². The second kappa shape index (κ2) is 5.23. The van der Waals surface area contributed by atoms with Crippen molar-refractivity contribution in [3.8, 4) is 5.75 Å². The predicted molar refractivity (Wildman–Crippen MR) is 74.8 cm³/mol. The molecule has 3 N–H and O–H groups in total. The summed E-state index contributed by atoms with van der Waals surface area (Å²) < 4.78 is 54.4. The summed E-state index contributed by atoms with van der Waals surface area (Å²) in [5.41, 5.74) is 5.75. The number of nitrogen functional groups attached to an aromatic ring is 1. The average molecular weight is 320 g/mol. The molecule has 1 aliphatic rings. The van der Waals surface area contributed by atoms with Gasteiger partial charge in [-0.3, -0.25) is 0 Å². The fourth-order valence-electron chi connectivity index (χ4n) is 2.07. The van der Waals surface area contributed by atoms with Crippen LogP contribution >= 0.6 is 0 Å². The van der Waals surface area contributed by atoms with E-state index in [4.69, 9.17) is 10.5 Å². The lowest BCUT2D eigenvalue weighted by Crippen LogP contribution is -2.35. The molecule has 9 heteroatoms. The Morgan fingerprint density at radius 3 is 2.60 bits per heavy atom. The first-order valence-corrected chi connectivity index (χ1v) is 9.20. The Hall–Kier alpha value is -1.32. The Morgan fingerprint density at radius 1 is 1.40 bits per heavy atom. The average Bonchev–Trinajstić information content (AvgIpc) is 2.67. The van der Waals surface area contributed by atoms with E-state index in [1.165, 1.54) is 25.3 Å². The van der Waals surface area contributed by atoms with Crippen LogP contribution in [0.25, 0.3) is 0 Å². The van der Waals surface area contributed by atoms with Gasteiger partial charge in [0.2, 0.25) is 10.0 Å². The highest BCUT2D eigenvalue weighted by Crippen LogP contribution is 2.24. The number of benzene rings is 1. The first-order chi connectivity index (χ1) is 9.23. The van der Waals surface area contributed by atoms with Crippen LogP contribution < -0.4 is 15.2 Å². The van der Waals surface area contributed by atoms with Gasteiger partial charge in [0.05, 0.1) is 24.3 Å². The van der Waals surface area contributed by atoms with Crippen LogP contribution in [0.3, 0.4) is 0 Å². The molecule has 1 heterocycles. The summed E-state index contributed by atoms with van der Waals surface area (Å²) in [6.07, 6.45) is 0.275. The van der Waals surface area contributed by atoms with Gasteiger partial charge in [-0.1, -0.05) is 0 Å². The van der Waals surface area contributed by atoms with Crippen molar-refractivity contribution >= 4 is 25.5 Å². The Balaban J connectivity index is 2.23. The van der Waals surface area contributed by atoms with Crippen molar-refractivity contribution in [2.45, 2.75) is 17.4 Å². The minimum Gasteiger partial charge on any atom is -0.497 e. The van der Waals surface area contributed by atoms with Gasteiger partial charge >= 0.3 is 0 Å². The van der Waals surface area contributed by atoms with E-state index in [1.54, 1.807) is 0 Å². The molecule has 1 aromatic rings. The molecular weight excluding hydrogens is 304 g/mol. The van der Waals surface area contributed by atoms with E-state index >= 15 is 0 Å². The molecule has 0 bridgehead atoms. The highest BCUT2D eigenvalue weighted by atomic mass is 32.2. The summed E-state index contributed by atoms with van der Waals surface area (Å²) in [7, 11) is -5.54. The SMILES string of the molecule is COc1ccc(S(=O)(=O)NC2CCS(=O)(=O)C2)c(N)c1. The van der Waals surface area contributed by atoms with Gasteiger partial charge in [0.1, 0.15) is 10.6 Å². The van der Waals surface area contributed by atoms with E-state index in [2.05, 4.69) is 4.72 Å². The van der Waals surface area contributed by atoms with Gasteiger partial charge in [-0.05, 0) is 18.6 Å². The molecule has 0 aromatic heterocycles. The van der Waals surface area contributed by atoms with E-state index in [1.807, 2.05) is 0 Å². The van der Waals surface area contributed by atoms with Gasteiger partial charge in [-0.25, -0.2) is 21.6 Å². The van der Waals surface area contributed by atoms with Crippen molar-refractivity contribution in [3.63, 3.8) is 0 Å². The minimum atomic E-state index is -3.84. The molecule has 1 fully saturated rings. The Morgan fingerprint density at radius 2 is 2.10 bits per heavy atom. The number of nitrogens with one attached hydrogen (secondary N) is 1. The molecule has 0 spiro atoms. The van der Waals surface area contributed by atoms with Crippen molar-refractivity contribution in [3.05, 3.63) is 18.2 Å². The minimum absolute atomic E-state index is 0.00171. The summed E-state index contributed by atoms with van der Waals surface area (Å²) in [6, 6.07) is 3.61. The smallest absolute Gasteiger partial charge is 0.242 e. The molecule has 0 amide bonds. The second-order valence-corrected chi connectivity index (χ2v) is 8.54. The van der Waals surface area contributed by atoms with Gasteiger partial charge in [0.15, 0.2) is 9.84 Å². The standard InChI is InChI=1S/C11H16N2O5S2/c1-18-9-2-3-11(10(12)6-9)20(16,17)13-8-4-5-19(14,15)7-8/h2-3,6,8,13H,4-5,7,12H2,1H3. The van der Waals surface area contributed by atoms with Crippen molar-refractivity contribution in [2.24, 2.45) is 0 Å². The lowest BCUT2D eigenvalue weighted by Gasteiger charge is -2.13. The third-order valence-electron chi connectivity index (χ3n) is 3.06. The third-order valence-corrected chi connectivity index (χ3v) is 6.42. The number of hydrogen-bond acceptors (Lipinski definition) is 6. The molecule has 7 nitrogen and oxygen atoms in total. The topological polar surface area (TPSA) is 116 Å². The van der Waals surface area contributed by atoms with Crippen LogP contribution in [0.4, 0.5) is 5.69 Å². The zero-order valence-electron chi connectivity index (χ0n) is 10.9. The van der Waals surface area contributed by atoms with Crippen LogP contribution in [0, 0.1) is 0 Å². The summed E-state index contributed by atoms with van der Waals surface area (Å²) in [6.45, 7) is 0.